The fourth-order valence-electron chi connectivity index (χ4n) is 4.49. The summed E-state index contributed by atoms with van der Waals surface area (Å²) in [6.45, 7) is 0.715. The van der Waals surface area contributed by atoms with E-state index < -0.39 is 5.91 Å². The highest BCUT2D eigenvalue weighted by Gasteiger charge is 2.15. The van der Waals surface area contributed by atoms with Crippen LogP contribution in [-0.2, 0) is 11.3 Å². The van der Waals surface area contributed by atoms with Crippen molar-refractivity contribution in [2.45, 2.75) is 6.54 Å². The van der Waals surface area contributed by atoms with E-state index in [1.54, 1.807) is 36.6 Å². The van der Waals surface area contributed by atoms with Gasteiger partial charge in [0.1, 0.15) is 5.70 Å². The molecule has 0 radical (unpaired) electrons. The van der Waals surface area contributed by atoms with Gasteiger partial charge in [-0.15, -0.1) is 0 Å². The Morgan fingerprint density at radius 1 is 0.829 bits per heavy atom. The Morgan fingerprint density at radius 2 is 1.49 bits per heavy atom. The Labute approximate surface area is 239 Å². The number of hydrogen-bond acceptors (Lipinski definition) is 4. The highest BCUT2D eigenvalue weighted by molar-refractivity contribution is 6.06. The Morgan fingerprint density at radius 3 is 2.20 bits per heavy atom. The molecule has 7 nitrogen and oxygen atoms in total. The van der Waals surface area contributed by atoms with Crippen LogP contribution in [0.15, 0.2) is 126 Å². The first-order chi connectivity index (χ1) is 20.0. The Bertz CT molecular complexity index is 1700. The highest BCUT2D eigenvalue weighted by atomic mass is 16.2. The number of rotatable bonds is 9. The van der Waals surface area contributed by atoms with Gasteiger partial charge in [-0.25, -0.2) is 5.43 Å². The SMILES string of the molecule is CN(C)c1ccc(/C=C(/NC(=O)c2ccccc2)C(=O)N/N=C/c2cn(Cc3ccccc3)c3ccccc23)cc1. The number of carbonyl (C=O) groups excluding carboxylic acids is 2. The summed E-state index contributed by atoms with van der Waals surface area (Å²) in [5.41, 5.74) is 8.04. The van der Waals surface area contributed by atoms with Gasteiger partial charge in [-0.3, -0.25) is 9.59 Å². The van der Waals surface area contributed by atoms with Crippen molar-refractivity contribution in [2.75, 3.05) is 19.0 Å². The number of anilines is 1. The molecular weight excluding hydrogens is 510 g/mol. The number of benzene rings is 4. The summed E-state index contributed by atoms with van der Waals surface area (Å²) in [7, 11) is 3.92. The maximum atomic E-state index is 13.3. The lowest BCUT2D eigenvalue weighted by Gasteiger charge is -2.12. The third-order valence-electron chi connectivity index (χ3n) is 6.63. The average Bonchev–Trinajstić information content (AvgIpc) is 3.35. The molecule has 41 heavy (non-hydrogen) atoms. The normalized spacial score (nSPS) is 11.5. The van der Waals surface area contributed by atoms with Crippen molar-refractivity contribution in [2.24, 2.45) is 5.10 Å². The van der Waals surface area contributed by atoms with Gasteiger partial charge in [0.2, 0.25) is 0 Å². The van der Waals surface area contributed by atoms with Crippen molar-refractivity contribution in [1.29, 1.82) is 0 Å². The molecule has 0 fully saturated rings. The molecule has 2 amide bonds. The van der Waals surface area contributed by atoms with Crippen LogP contribution in [0.1, 0.15) is 27.0 Å². The third-order valence-corrected chi connectivity index (χ3v) is 6.63. The monoisotopic (exact) mass is 541 g/mol. The largest absolute Gasteiger partial charge is 0.378 e. The second kappa shape index (κ2) is 12.6. The minimum atomic E-state index is -0.532. The lowest BCUT2D eigenvalue weighted by atomic mass is 10.1. The fourth-order valence-corrected chi connectivity index (χ4v) is 4.49. The number of aromatic nitrogens is 1. The average molecular weight is 542 g/mol. The summed E-state index contributed by atoms with van der Waals surface area (Å²) in [5, 5.41) is 8.03. The zero-order valence-electron chi connectivity index (χ0n) is 23.0. The first-order valence-electron chi connectivity index (χ1n) is 13.3. The van der Waals surface area contributed by atoms with Crippen molar-refractivity contribution < 1.29 is 9.59 Å². The molecule has 1 heterocycles. The predicted octanol–water partition coefficient (Wildman–Crippen LogP) is 5.68. The zero-order chi connectivity index (χ0) is 28.6. The quantitative estimate of drug-likeness (QED) is 0.143. The van der Waals surface area contributed by atoms with Crippen LogP contribution < -0.4 is 15.6 Å². The van der Waals surface area contributed by atoms with Crippen molar-refractivity contribution in [3.05, 3.63) is 143 Å². The standard InChI is InChI=1S/C34H31N5O2/c1-38(2)29-19-17-25(18-20-29)21-31(36-33(40)27-13-7-4-8-14-27)34(41)37-35-22-28-24-39(23-26-11-5-3-6-12-26)32-16-10-9-15-30(28)32/h3-22,24H,23H2,1-2H3,(H,36,40)(H,37,41)/b31-21+,35-22+. The van der Waals surface area contributed by atoms with Crippen molar-refractivity contribution in [3.63, 3.8) is 0 Å². The molecule has 0 aliphatic rings. The maximum absolute atomic E-state index is 13.3. The zero-order valence-corrected chi connectivity index (χ0v) is 23.0. The second-order valence-electron chi connectivity index (χ2n) is 9.78. The van der Waals surface area contributed by atoms with Crippen LogP contribution in [0.4, 0.5) is 5.69 Å². The van der Waals surface area contributed by atoms with E-state index >= 15 is 0 Å². The molecule has 2 N–H and O–H groups in total. The molecule has 0 spiro atoms. The second-order valence-corrected chi connectivity index (χ2v) is 9.78. The van der Waals surface area contributed by atoms with Gasteiger partial charge in [-0.2, -0.15) is 5.10 Å². The maximum Gasteiger partial charge on any atom is 0.287 e. The summed E-state index contributed by atoms with van der Waals surface area (Å²) in [6, 6.07) is 34.8. The number of nitrogens with zero attached hydrogens (tertiary/aromatic N) is 3. The van der Waals surface area contributed by atoms with E-state index in [0.717, 1.165) is 27.7 Å². The van der Waals surface area contributed by atoms with Gasteiger partial charge in [0.25, 0.3) is 11.8 Å². The lowest BCUT2D eigenvalue weighted by molar-refractivity contribution is -0.117. The molecular formula is C34H31N5O2. The third kappa shape index (κ3) is 6.78. The summed E-state index contributed by atoms with van der Waals surface area (Å²) >= 11 is 0. The summed E-state index contributed by atoms with van der Waals surface area (Å²) in [5.74, 6) is -0.917. The van der Waals surface area contributed by atoms with Gasteiger partial charge in [-0.1, -0.05) is 78.9 Å². The Kier molecular flexibility index (Phi) is 8.35. The number of para-hydroxylation sites is 1. The molecule has 0 unspecified atom stereocenters. The first kappa shape index (κ1) is 27.1. The molecule has 5 aromatic rings. The number of hydrogen-bond donors (Lipinski definition) is 2. The van der Waals surface area contributed by atoms with Crippen LogP contribution in [0.2, 0.25) is 0 Å². The Hall–Kier alpha value is -5.43. The summed E-state index contributed by atoms with van der Waals surface area (Å²) in [4.78, 5) is 28.2. The first-order valence-corrected chi connectivity index (χ1v) is 13.3. The molecule has 0 saturated carbocycles. The van der Waals surface area contributed by atoms with Crippen LogP contribution in [0.25, 0.3) is 17.0 Å². The van der Waals surface area contributed by atoms with Gasteiger partial charge in [0.15, 0.2) is 0 Å². The minimum absolute atomic E-state index is 0.0834. The van der Waals surface area contributed by atoms with Crippen LogP contribution in [0.3, 0.4) is 0 Å². The van der Waals surface area contributed by atoms with E-state index in [1.165, 1.54) is 5.56 Å². The smallest absolute Gasteiger partial charge is 0.287 e. The number of carbonyl (C=O) groups is 2. The molecule has 7 heteroatoms. The predicted molar refractivity (Wildman–Crippen MR) is 166 cm³/mol. The molecule has 204 valence electrons. The summed E-state index contributed by atoms with van der Waals surface area (Å²) < 4.78 is 2.16. The van der Waals surface area contributed by atoms with E-state index in [1.807, 2.05) is 91.9 Å². The minimum Gasteiger partial charge on any atom is -0.378 e. The van der Waals surface area contributed by atoms with Crippen molar-refractivity contribution in [3.8, 4) is 0 Å². The van der Waals surface area contributed by atoms with Gasteiger partial charge in [0.05, 0.1) is 6.21 Å². The molecule has 0 atom stereocenters. The van der Waals surface area contributed by atoms with Gasteiger partial charge >= 0.3 is 0 Å². The van der Waals surface area contributed by atoms with Crippen molar-refractivity contribution >= 4 is 40.7 Å². The van der Waals surface area contributed by atoms with E-state index in [0.29, 0.717) is 12.1 Å². The van der Waals surface area contributed by atoms with Crippen LogP contribution in [0, 0.1) is 0 Å². The van der Waals surface area contributed by atoms with Gasteiger partial charge in [0, 0.05) is 54.6 Å². The van der Waals surface area contributed by atoms with Gasteiger partial charge < -0.3 is 14.8 Å². The molecule has 0 saturated heterocycles. The number of nitrogens with one attached hydrogen (secondary N) is 2. The molecule has 5 rings (SSSR count). The van der Waals surface area contributed by atoms with Crippen molar-refractivity contribution in [1.82, 2.24) is 15.3 Å². The number of hydrazone groups is 1. The van der Waals surface area contributed by atoms with E-state index in [-0.39, 0.29) is 11.6 Å². The van der Waals surface area contributed by atoms with Crippen LogP contribution in [-0.4, -0.2) is 36.7 Å². The van der Waals surface area contributed by atoms with E-state index in [2.05, 4.69) is 38.6 Å². The topological polar surface area (TPSA) is 78.7 Å². The highest BCUT2D eigenvalue weighted by Crippen LogP contribution is 2.21. The Balaban J connectivity index is 1.38. The molecule has 0 aliphatic heterocycles. The molecule has 4 aromatic carbocycles. The van der Waals surface area contributed by atoms with Crippen LogP contribution >= 0.6 is 0 Å². The molecule has 0 bridgehead atoms. The number of amides is 2. The fraction of sp³-hybridized carbons (Fsp3) is 0.0882. The van der Waals surface area contributed by atoms with E-state index in [4.69, 9.17) is 0 Å². The molecule has 1 aromatic heterocycles. The number of fused-ring (bicyclic) bond motifs is 1. The molecule has 0 aliphatic carbocycles. The van der Waals surface area contributed by atoms with E-state index in [9.17, 15) is 9.59 Å². The summed E-state index contributed by atoms with van der Waals surface area (Å²) in [6.07, 6.45) is 5.29. The van der Waals surface area contributed by atoms with Crippen LogP contribution in [0.5, 0.6) is 0 Å². The lowest BCUT2D eigenvalue weighted by Crippen LogP contribution is -2.32. The van der Waals surface area contributed by atoms with Gasteiger partial charge in [-0.05, 0) is 47.5 Å².